The largest absolute Gasteiger partial charge is 0.390 e. The molecule has 31 heavy (non-hydrogen) atoms. The minimum atomic E-state index is -1.08. The number of nitrogens with zero attached hydrogens (tertiary/aromatic N) is 3. The number of aromatic amines is 1. The molecule has 1 amide bonds. The van der Waals surface area contributed by atoms with Crippen molar-refractivity contribution in [2.45, 2.75) is 33.0 Å². The maximum atomic E-state index is 11.5. The van der Waals surface area contributed by atoms with Crippen LogP contribution in [0.4, 0.5) is 5.82 Å². The minimum Gasteiger partial charge on any atom is -0.390 e. The molecule has 4 heterocycles. The summed E-state index contributed by atoms with van der Waals surface area (Å²) in [6, 6.07) is 9.02. The van der Waals surface area contributed by atoms with Crippen LogP contribution in [0.25, 0.3) is 33.4 Å². The third-order valence-corrected chi connectivity index (χ3v) is 4.98. The van der Waals surface area contributed by atoms with Crippen LogP contribution in [0, 0.1) is 0 Å². The van der Waals surface area contributed by atoms with Crippen molar-refractivity contribution >= 4 is 22.8 Å². The van der Waals surface area contributed by atoms with Crippen molar-refractivity contribution in [3.8, 4) is 22.4 Å². The molecule has 4 aromatic rings. The number of nitrogens with one attached hydrogen (secondary N) is 2. The van der Waals surface area contributed by atoms with Crippen molar-refractivity contribution in [1.29, 1.82) is 0 Å². The molecule has 4 rings (SSSR count). The van der Waals surface area contributed by atoms with Gasteiger partial charge in [0.2, 0.25) is 5.91 Å². The maximum absolute atomic E-state index is 11.5. The molecule has 158 valence electrons. The van der Waals surface area contributed by atoms with Crippen LogP contribution in [-0.2, 0) is 17.0 Å². The fourth-order valence-corrected chi connectivity index (χ4v) is 3.59. The minimum absolute atomic E-state index is 0.146. The van der Waals surface area contributed by atoms with E-state index in [-0.39, 0.29) is 12.5 Å². The third-order valence-electron chi connectivity index (χ3n) is 4.98. The topological polar surface area (TPSA) is 124 Å². The fraction of sp³-hybridized carbons (Fsp3) is 0.217. The highest BCUT2D eigenvalue weighted by Gasteiger charge is 2.25. The number of hydrogen-bond acceptors (Lipinski definition) is 6. The first-order chi connectivity index (χ1) is 14.8. The Morgan fingerprint density at radius 2 is 1.87 bits per heavy atom. The number of amides is 1. The van der Waals surface area contributed by atoms with Crippen LogP contribution < -0.4 is 5.32 Å². The van der Waals surface area contributed by atoms with Gasteiger partial charge in [0.25, 0.3) is 0 Å². The Labute approximate surface area is 179 Å². The van der Waals surface area contributed by atoms with E-state index < -0.39 is 5.60 Å². The van der Waals surface area contributed by atoms with Crippen molar-refractivity contribution in [3.63, 3.8) is 0 Å². The summed E-state index contributed by atoms with van der Waals surface area (Å²) in [5.41, 5.74) is 4.74. The van der Waals surface area contributed by atoms with Crippen LogP contribution in [0.2, 0.25) is 0 Å². The van der Waals surface area contributed by atoms with Crippen molar-refractivity contribution in [3.05, 3.63) is 60.2 Å². The molecular formula is C23H23N5O3. The van der Waals surface area contributed by atoms with Gasteiger partial charge >= 0.3 is 0 Å². The predicted octanol–water partition coefficient (Wildman–Crippen LogP) is 3.37. The van der Waals surface area contributed by atoms with Crippen LogP contribution in [0.1, 0.15) is 32.0 Å². The molecule has 0 saturated carbocycles. The third kappa shape index (κ3) is 4.03. The molecule has 0 unspecified atom stereocenters. The molecule has 8 nitrogen and oxygen atoms in total. The van der Waals surface area contributed by atoms with E-state index in [1.165, 1.54) is 6.92 Å². The number of H-pyrrole nitrogens is 1. The first-order valence-electron chi connectivity index (χ1n) is 9.81. The Hall–Kier alpha value is -3.62. The van der Waals surface area contributed by atoms with Gasteiger partial charge in [-0.3, -0.25) is 14.8 Å². The molecule has 0 spiro atoms. The van der Waals surface area contributed by atoms with Crippen molar-refractivity contribution in [2.75, 3.05) is 5.32 Å². The molecule has 4 N–H and O–H groups in total. The van der Waals surface area contributed by atoms with E-state index in [1.54, 1.807) is 50.6 Å². The van der Waals surface area contributed by atoms with Crippen LogP contribution in [0.3, 0.4) is 0 Å². The average molecular weight is 417 g/mol. The molecule has 0 aromatic carbocycles. The lowest BCUT2D eigenvalue weighted by atomic mass is 9.96. The zero-order valence-electron chi connectivity index (χ0n) is 17.5. The number of anilines is 1. The second-order valence-electron chi connectivity index (χ2n) is 7.82. The van der Waals surface area contributed by atoms with Gasteiger partial charge in [0.05, 0.1) is 34.6 Å². The Bertz CT molecular complexity index is 1260. The number of pyridine rings is 3. The average Bonchev–Trinajstić information content (AvgIpc) is 3.12. The zero-order valence-corrected chi connectivity index (χ0v) is 17.5. The molecule has 8 heteroatoms. The molecule has 0 aliphatic carbocycles. The summed E-state index contributed by atoms with van der Waals surface area (Å²) in [6.07, 6.45) is 4.97. The molecule has 0 fully saturated rings. The Morgan fingerprint density at radius 3 is 2.52 bits per heavy atom. The van der Waals surface area contributed by atoms with E-state index in [1.807, 2.05) is 12.1 Å². The molecule has 0 radical (unpaired) electrons. The number of fused-ring (bicyclic) bond motifs is 1. The first-order valence-corrected chi connectivity index (χ1v) is 9.81. The van der Waals surface area contributed by atoms with Gasteiger partial charge in [-0.1, -0.05) is 6.07 Å². The van der Waals surface area contributed by atoms with Crippen LogP contribution >= 0.6 is 0 Å². The fourth-order valence-electron chi connectivity index (χ4n) is 3.59. The normalized spacial score (nSPS) is 11.6. The Kier molecular flexibility index (Phi) is 5.26. The molecule has 0 saturated heterocycles. The van der Waals surface area contributed by atoms with Gasteiger partial charge in [-0.15, -0.1) is 0 Å². The molecular weight excluding hydrogens is 394 g/mol. The monoisotopic (exact) mass is 417 g/mol. The zero-order chi connectivity index (χ0) is 22.2. The number of aliphatic hydroxyl groups excluding tert-OH is 1. The Balaban J connectivity index is 2.00. The van der Waals surface area contributed by atoms with Crippen LogP contribution in [-0.4, -0.2) is 36.1 Å². The number of aliphatic hydroxyl groups is 2. The summed E-state index contributed by atoms with van der Waals surface area (Å²) in [7, 11) is 0. The number of carbonyl (C=O) groups is 1. The van der Waals surface area contributed by atoms with Gasteiger partial charge in [-0.05, 0) is 38.1 Å². The number of aromatic nitrogens is 4. The van der Waals surface area contributed by atoms with Crippen LogP contribution in [0.15, 0.2) is 48.9 Å². The standard InChI is InChI=1S/C23H23N5O3/c1-13(30)27-18-10-14(6-8-24-18)20-19(15-4-5-16(12-29)26-11-15)22-21(28-20)17(7-9-25-22)23(2,3)31/h4-11,28-29,31H,12H2,1-3H3,(H,24,27,30). The molecule has 4 aromatic heterocycles. The van der Waals surface area contributed by atoms with E-state index >= 15 is 0 Å². The predicted molar refractivity (Wildman–Crippen MR) is 118 cm³/mol. The van der Waals surface area contributed by atoms with Gasteiger partial charge in [-0.2, -0.15) is 0 Å². The van der Waals surface area contributed by atoms with Gasteiger partial charge in [0, 0.05) is 47.8 Å². The second kappa shape index (κ2) is 7.90. The van der Waals surface area contributed by atoms with Gasteiger partial charge < -0.3 is 20.5 Å². The van der Waals surface area contributed by atoms with E-state index in [2.05, 4.69) is 25.3 Å². The summed E-state index contributed by atoms with van der Waals surface area (Å²) in [5, 5.41) is 22.7. The molecule has 0 aliphatic rings. The smallest absolute Gasteiger partial charge is 0.222 e. The summed E-state index contributed by atoms with van der Waals surface area (Å²) in [4.78, 5) is 28.0. The van der Waals surface area contributed by atoms with Gasteiger partial charge in [0.1, 0.15) is 5.82 Å². The highest BCUT2D eigenvalue weighted by molar-refractivity contribution is 6.03. The highest BCUT2D eigenvalue weighted by Crippen LogP contribution is 2.40. The van der Waals surface area contributed by atoms with E-state index in [9.17, 15) is 15.0 Å². The summed E-state index contributed by atoms with van der Waals surface area (Å²) < 4.78 is 0. The number of carbonyl (C=O) groups excluding carboxylic acids is 1. The molecule has 0 bridgehead atoms. The highest BCUT2D eigenvalue weighted by atomic mass is 16.3. The lowest BCUT2D eigenvalue weighted by Gasteiger charge is -2.18. The van der Waals surface area contributed by atoms with Crippen molar-refractivity contribution < 1.29 is 15.0 Å². The number of hydrogen-bond donors (Lipinski definition) is 4. The van der Waals surface area contributed by atoms with Crippen LogP contribution in [0.5, 0.6) is 0 Å². The maximum Gasteiger partial charge on any atom is 0.222 e. The number of rotatable bonds is 5. The summed E-state index contributed by atoms with van der Waals surface area (Å²) >= 11 is 0. The second-order valence-corrected chi connectivity index (χ2v) is 7.82. The lowest BCUT2D eigenvalue weighted by Crippen LogP contribution is -2.16. The lowest BCUT2D eigenvalue weighted by molar-refractivity contribution is -0.114. The van der Waals surface area contributed by atoms with E-state index in [0.717, 1.165) is 22.4 Å². The molecule has 0 aliphatic heterocycles. The van der Waals surface area contributed by atoms with Crippen molar-refractivity contribution in [1.82, 2.24) is 19.9 Å². The van der Waals surface area contributed by atoms with Gasteiger partial charge in [-0.25, -0.2) is 4.98 Å². The summed E-state index contributed by atoms with van der Waals surface area (Å²) in [6.45, 7) is 4.73. The SMILES string of the molecule is CC(=O)Nc1cc(-c2[nH]c3c(C(C)(C)O)ccnc3c2-c2ccc(CO)nc2)ccn1. The van der Waals surface area contributed by atoms with Gasteiger partial charge in [0.15, 0.2) is 0 Å². The summed E-state index contributed by atoms with van der Waals surface area (Å²) in [5.74, 6) is 0.218. The Morgan fingerprint density at radius 1 is 1.10 bits per heavy atom. The van der Waals surface area contributed by atoms with E-state index in [4.69, 9.17) is 0 Å². The van der Waals surface area contributed by atoms with Crippen molar-refractivity contribution in [2.24, 2.45) is 0 Å². The molecule has 0 atom stereocenters. The first kappa shape index (κ1) is 20.6. The quantitative estimate of drug-likeness (QED) is 0.395. The van der Waals surface area contributed by atoms with E-state index in [0.29, 0.717) is 28.1 Å².